The van der Waals surface area contributed by atoms with Crippen molar-refractivity contribution < 1.29 is 9.59 Å². The van der Waals surface area contributed by atoms with Gasteiger partial charge in [0.2, 0.25) is 5.91 Å². The van der Waals surface area contributed by atoms with Crippen LogP contribution in [0.1, 0.15) is 34.8 Å². The molecule has 8 nitrogen and oxygen atoms in total. The van der Waals surface area contributed by atoms with Crippen LogP contribution in [0, 0.1) is 6.92 Å². The number of nitrogens with zero attached hydrogens (tertiary/aromatic N) is 4. The van der Waals surface area contributed by atoms with Gasteiger partial charge in [0.25, 0.3) is 5.91 Å². The molecule has 2 N–H and O–H groups in total. The summed E-state index contributed by atoms with van der Waals surface area (Å²) >= 11 is 1.33. The summed E-state index contributed by atoms with van der Waals surface area (Å²) in [4.78, 5) is 26.1. The van der Waals surface area contributed by atoms with Gasteiger partial charge in [-0.25, -0.2) is 4.68 Å². The van der Waals surface area contributed by atoms with Gasteiger partial charge in [-0.15, -0.1) is 16.9 Å². The Balaban J connectivity index is 1.22. The van der Waals surface area contributed by atoms with Crippen LogP contribution < -0.4 is 10.6 Å². The Morgan fingerprint density at radius 3 is 2.37 bits per heavy atom. The molecular formula is C26H24N6O2S. The molecule has 35 heavy (non-hydrogen) atoms. The highest BCUT2D eigenvalue weighted by Gasteiger charge is 2.28. The number of carbonyl (C=O) groups is 2. The van der Waals surface area contributed by atoms with Crippen LogP contribution in [-0.2, 0) is 4.79 Å². The smallest absolute Gasteiger partial charge is 0.256 e. The molecule has 5 rings (SSSR count). The minimum atomic E-state index is -0.234. The van der Waals surface area contributed by atoms with Crippen LogP contribution in [0.5, 0.6) is 0 Å². The molecule has 4 aromatic rings. The number of anilines is 2. The topological polar surface area (TPSA) is 102 Å². The van der Waals surface area contributed by atoms with Gasteiger partial charge in [0.1, 0.15) is 0 Å². The van der Waals surface area contributed by atoms with Crippen LogP contribution in [0.25, 0.3) is 11.4 Å². The Morgan fingerprint density at radius 2 is 1.63 bits per heavy atom. The first kappa shape index (κ1) is 22.8. The molecule has 0 aliphatic heterocycles. The SMILES string of the molecule is Cc1ccc(NC(=O)CSc2ccccc2C(=O)Nc2ccc(-c3nnnn3C3CC3)cc2)cc1. The normalized spacial score (nSPS) is 12.8. The van der Waals surface area contributed by atoms with Gasteiger partial charge in [-0.05, 0) is 78.7 Å². The molecule has 0 unspecified atom stereocenters. The number of aromatic nitrogens is 4. The summed E-state index contributed by atoms with van der Waals surface area (Å²) < 4.78 is 1.86. The van der Waals surface area contributed by atoms with Crippen LogP contribution in [0.4, 0.5) is 11.4 Å². The molecular weight excluding hydrogens is 460 g/mol. The van der Waals surface area contributed by atoms with E-state index in [1.807, 2.05) is 78.3 Å². The Labute approximate surface area is 207 Å². The number of hydrogen-bond donors (Lipinski definition) is 2. The fraction of sp³-hybridized carbons (Fsp3) is 0.192. The van der Waals surface area contributed by atoms with E-state index in [4.69, 9.17) is 0 Å². The summed E-state index contributed by atoms with van der Waals surface area (Å²) in [7, 11) is 0. The number of carbonyl (C=O) groups excluding carboxylic acids is 2. The summed E-state index contributed by atoms with van der Waals surface area (Å²) in [6, 6.07) is 22.8. The first-order chi connectivity index (χ1) is 17.1. The third kappa shape index (κ3) is 5.58. The Morgan fingerprint density at radius 1 is 0.943 bits per heavy atom. The number of aryl methyl sites for hydroxylation is 1. The second-order valence-corrected chi connectivity index (χ2v) is 9.43. The fourth-order valence-electron chi connectivity index (χ4n) is 3.61. The van der Waals surface area contributed by atoms with Crippen molar-refractivity contribution in [3.8, 4) is 11.4 Å². The average Bonchev–Trinajstić information content (AvgIpc) is 3.61. The maximum Gasteiger partial charge on any atom is 0.256 e. The van der Waals surface area contributed by atoms with Gasteiger partial charge in [-0.3, -0.25) is 9.59 Å². The van der Waals surface area contributed by atoms with E-state index in [0.29, 0.717) is 17.3 Å². The van der Waals surface area contributed by atoms with Crippen molar-refractivity contribution in [3.05, 3.63) is 83.9 Å². The summed E-state index contributed by atoms with van der Waals surface area (Å²) in [5.74, 6) is 0.569. The molecule has 9 heteroatoms. The minimum Gasteiger partial charge on any atom is -0.325 e. The molecule has 1 aliphatic rings. The summed E-state index contributed by atoms with van der Waals surface area (Å²) in [6.45, 7) is 2.00. The van der Waals surface area contributed by atoms with Crippen molar-refractivity contribution in [2.75, 3.05) is 16.4 Å². The van der Waals surface area contributed by atoms with E-state index in [0.717, 1.165) is 40.4 Å². The second kappa shape index (κ2) is 10.1. The average molecular weight is 485 g/mol. The highest BCUT2D eigenvalue weighted by Crippen LogP contribution is 2.36. The van der Waals surface area contributed by atoms with Gasteiger partial charge < -0.3 is 10.6 Å². The van der Waals surface area contributed by atoms with Gasteiger partial charge in [0.15, 0.2) is 5.82 Å². The maximum absolute atomic E-state index is 13.0. The van der Waals surface area contributed by atoms with Crippen molar-refractivity contribution in [1.29, 1.82) is 0 Å². The van der Waals surface area contributed by atoms with E-state index in [2.05, 4.69) is 26.2 Å². The zero-order chi connectivity index (χ0) is 24.2. The van der Waals surface area contributed by atoms with Crippen LogP contribution >= 0.6 is 11.8 Å². The Kier molecular flexibility index (Phi) is 6.58. The minimum absolute atomic E-state index is 0.127. The molecule has 0 saturated heterocycles. The molecule has 0 spiro atoms. The van der Waals surface area contributed by atoms with Crippen LogP contribution in [0.15, 0.2) is 77.7 Å². The molecule has 0 atom stereocenters. The van der Waals surface area contributed by atoms with E-state index in [1.165, 1.54) is 11.8 Å². The van der Waals surface area contributed by atoms with Gasteiger partial charge in [0, 0.05) is 21.8 Å². The van der Waals surface area contributed by atoms with Crippen molar-refractivity contribution >= 4 is 35.0 Å². The van der Waals surface area contributed by atoms with E-state index in [1.54, 1.807) is 6.07 Å². The van der Waals surface area contributed by atoms with Crippen LogP contribution in [0.3, 0.4) is 0 Å². The molecule has 1 heterocycles. The van der Waals surface area contributed by atoms with Gasteiger partial charge >= 0.3 is 0 Å². The lowest BCUT2D eigenvalue weighted by Gasteiger charge is -2.11. The highest BCUT2D eigenvalue weighted by atomic mass is 32.2. The fourth-order valence-corrected chi connectivity index (χ4v) is 4.46. The summed E-state index contributed by atoms with van der Waals surface area (Å²) in [6.07, 6.45) is 2.19. The summed E-state index contributed by atoms with van der Waals surface area (Å²) in [5.41, 5.74) is 3.96. The van der Waals surface area contributed by atoms with Crippen molar-refractivity contribution in [3.63, 3.8) is 0 Å². The highest BCUT2D eigenvalue weighted by molar-refractivity contribution is 8.00. The molecule has 1 fully saturated rings. The number of tetrazole rings is 1. The molecule has 1 saturated carbocycles. The van der Waals surface area contributed by atoms with Crippen molar-refractivity contribution in [2.24, 2.45) is 0 Å². The van der Waals surface area contributed by atoms with E-state index in [9.17, 15) is 9.59 Å². The van der Waals surface area contributed by atoms with Gasteiger partial charge in [0.05, 0.1) is 17.4 Å². The zero-order valence-electron chi connectivity index (χ0n) is 19.1. The second-order valence-electron chi connectivity index (χ2n) is 8.41. The lowest BCUT2D eigenvalue weighted by molar-refractivity contribution is -0.113. The van der Waals surface area contributed by atoms with E-state index >= 15 is 0 Å². The zero-order valence-corrected chi connectivity index (χ0v) is 20.0. The first-order valence-corrected chi connectivity index (χ1v) is 12.3. The van der Waals surface area contributed by atoms with Crippen molar-refractivity contribution in [2.45, 2.75) is 30.7 Å². The number of hydrogen-bond acceptors (Lipinski definition) is 6. The standard InChI is InChI=1S/C26H24N6O2S/c1-17-6-10-19(11-7-17)27-24(33)16-35-23-5-3-2-4-22(23)26(34)28-20-12-8-18(9-13-20)25-29-30-31-32(25)21-14-15-21/h2-13,21H,14-16H2,1H3,(H,27,33)(H,28,34). The lowest BCUT2D eigenvalue weighted by Crippen LogP contribution is -2.16. The van der Waals surface area contributed by atoms with Crippen LogP contribution in [0.2, 0.25) is 0 Å². The van der Waals surface area contributed by atoms with Gasteiger partial charge in [-0.2, -0.15) is 0 Å². The monoisotopic (exact) mass is 484 g/mol. The number of benzene rings is 3. The van der Waals surface area contributed by atoms with E-state index in [-0.39, 0.29) is 17.6 Å². The molecule has 176 valence electrons. The number of thioether (sulfide) groups is 1. The number of amides is 2. The Hall–Kier alpha value is -3.98. The molecule has 0 bridgehead atoms. The number of rotatable bonds is 8. The van der Waals surface area contributed by atoms with Gasteiger partial charge in [-0.1, -0.05) is 29.8 Å². The molecule has 0 radical (unpaired) electrons. The van der Waals surface area contributed by atoms with Crippen LogP contribution in [-0.4, -0.2) is 37.8 Å². The first-order valence-electron chi connectivity index (χ1n) is 11.3. The quantitative estimate of drug-likeness (QED) is 0.343. The number of nitrogens with one attached hydrogen (secondary N) is 2. The van der Waals surface area contributed by atoms with Crippen molar-refractivity contribution in [1.82, 2.24) is 20.2 Å². The molecule has 1 aromatic heterocycles. The maximum atomic E-state index is 13.0. The predicted octanol–water partition coefficient (Wildman–Crippen LogP) is 4.97. The molecule has 2 amide bonds. The largest absolute Gasteiger partial charge is 0.325 e. The molecule has 3 aromatic carbocycles. The lowest BCUT2D eigenvalue weighted by atomic mass is 10.1. The summed E-state index contributed by atoms with van der Waals surface area (Å²) in [5, 5.41) is 17.9. The van der Waals surface area contributed by atoms with E-state index < -0.39 is 0 Å². The third-order valence-corrected chi connectivity index (χ3v) is 6.69. The molecule has 1 aliphatic carbocycles. The third-order valence-electron chi connectivity index (χ3n) is 5.61. The predicted molar refractivity (Wildman–Crippen MR) is 136 cm³/mol. The Bertz CT molecular complexity index is 1350.